The van der Waals surface area contributed by atoms with E-state index in [1.54, 1.807) is 0 Å². The van der Waals surface area contributed by atoms with Crippen LogP contribution in [0.5, 0.6) is 0 Å². The van der Waals surface area contributed by atoms with Gasteiger partial charge in [-0.25, -0.2) is 14.4 Å². The molecule has 3 heterocycles. The zero-order chi connectivity index (χ0) is 13.9. The zero-order valence-electron chi connectivity index (χ0n) is 11.4. The Kier molecular flexibility index (Phi) is 3.58. The van der Waals surface area contributed by atoms with E-state index in [0.717, 1.165) is 31.0 Å². The molecule has 3 rings (SSSR count). The van der Waals surface area contributed by atoms with Crippen molar-refractivity contribution < 1.29 is 4.39 Å². The van der Waals surface area contributed by atoms with Crippen molar-refractivity contribution in [3.05, 3.63) is 29.5 Å². The van der Waals surface area contributed by atoms with E-state index < -0.39 is 0 Å². The molecule has 0 bridgehead atoms. The Bertz CT molecular complexity index is 609. The average Bonchev–Trinajstić information content (AvgIpc) is 3.05. The molecule has 0 fully saturated rings. The minimum absolute atomic E-state index is 0.262. The first-order chi connectivity index (χ1) is 9.79. The maximum absolute atomic E-state index is 13.9. The third-order valence-corrected chi connectivity index (χ3v) is 3.52. The van der Waals surface area contributed by atoms with Crippen LogP contribution in [-0.2, 0) is 25.8 Å². The molecule has 1 aliphatic heterocycles. The molecule has 0 unspecified atom stereocenters. The van der Waals surface area contributed by atoms with Crippen LogP contribution in [0, 0.1) is 5.82 Å². The molecule has 0 spiro atoms. The third-order valence-electron chi connectivity index (χ3n) is 3.52. The van der Waals surface area contributed by atoms with E-state index in [1.807, 2.05) is 6.92 Å². The van der Waals surface area contributed by atoms with Crippen LogP contribution in [0.3, 0.4) is 0 Å². The van der Waals surface area contributed by atoms with Crippen LogP contribution in [-0.4, -0.2) is 31.3 Å². The number of aryl methyl sites for hydroxylation is 2. The van der Waals surface area contributed by atoms with Crippen molar-refractivity contribution in [1.29, 1.82) is 0 Å². The Morgan fingerprint density at radius 1 is 1.35 bits per heavy atom. The van der Waals surface area contributed by atoms with Gasteiger partial charge in [0.1, 0.15) is 18.0 Å². The van der Waals surface area contributed by atoms with Gasteiger partial charge in [0, 0.05) is 25.9 Å². The number of rotatable bonds is 5. The van der Waals surface area contributed by atoms with Crippen LogP contribution in [0.25, 0.3) is 0 Å². The molecule has 0 saturated heterocycles. The number of nitrogens with zero attached hydrogens (tertiary/aromatic N) is 5. The molecule has 0 radical (unpaired) electrons. The number of hydrogen-bond donors (Lipinski definition) is 1. The molecule has 0 aromatic carbocycles. The summed E-state index contributed by atoms with van der Waals surface area (Å²) in [5.41, 5.74) is 0.436. The van der Waals surface area contributed by atoms with Crippen LogP contribution in [0.4, 0.5) is 10.2 Å². The molecule has 2 aromatic heterocycles. The topological polar surface area (TPSA) is 68.5 Å². The van der Waals surface area contributed by atoms with Crippen molar-refractivity contribution in [3.63, 3.8) is 0 Å². The largest absolute Gasteiger partial charge is 0.367 e. The van der Waals surface area contributed by atoms with Crippen molar-refractivity contribution in [3.8, 4) is 0 Å². The Hall–Kier alpha value is -2.05. The molecule has 20 heavy (non-hydrogen) atoms. The summed E-state index contributed by atoms with van der Waals surface area (Å²) in [6.07, 6.45) is 4.78. The SMILES string of the molecule is CCc1ncnc(NCCc2nnc3n2CCC3)c1F. The highest BCUT2D eigenvalue weighted by Crippen LogP contribution is 2.15. The van der Waals surface area contributed by atoms with Crippen molar-refractivity contribution in [2.24, 2.45) is 0 Å². The second-order valence-electron chi connectivity index (χ2n) is 4.80. The van der Waals surface area contributed by atoms with E-state index in [4.69, 9.17) is 0 Å². The summed E-state index contributed by atoms with van der Waals surface area (Å²) in [7, 11) is 0. The average molecular weight is 276 g/mol. The molecule has 0 aliphatic carbocycles. The first kappa shape index (κ1) is 13.0. The summed E-state index contributed by atoms with van der Waals surface area (Å²) < 4.78 is 16.1. The van der Waals surface area contributed by atoms with Gasteiger partial charge in [-0.3, -0.25) is 0 Å². The molecule has 6 nitrogen and oxygen atoms in total. The van der Waals surface area contributed by atoms with Crippen LogP contribution >= 0.6 is 0 Å². The summed E-state index contributed by atoms with van der Waals surface area (Å²) >= 11 is 0. The third kappa shape index (κ3) is 2.35. The highest BCUT2D eigenvalue weighted by Gasteiger charge is 2.17. The Labute approximate surface area is 116 Å². The number of aromatic nitrogens is 5. The zero-order valence-corrected chi connectivity index (χ0v) is 11.4. The lowest BCUT2D eigenvalue weighted by Crippen LogP contribution is -2.12. The molecule has 0 saturated carbocycles. The lowest BCUT2D eigenvalue weighted by atomic mass is 10.3. The minimum atomic E-state index is -0.360. The van der Waals surface area contributed by atoms with Gasteiger partial charge in [0.25, 0.3) is 0 Å². The molecular weight excluding hydrogens is 259 g/mol. The van der Waals surface area contributed by atoms with Crippen molar-refractivity contribution in [2.45, 2.75) is 39.2 Å². The van der Waals surface area contributed by atoms with Gasteiger partial charge in [0.05, 0.1) is 5.69 Å². The second-order valence-corrected chi connectivity index (χ2v) is 4.80. The van der Waals surface area contributed by atoms with Crippen LogP contribution in [0.2, 0.25) is 0 Å². The summed E-state index contributed by atoms with van der Waals surface area (Å²) in [5.74, 6) is 1.91. The monoisotopic (exact) mass is 276 g/mol. The quantitative estimate of drug-likeness (QED) is 0.893. The first-order valence-corrected chi connectivity index (χ1v) is 6.93. The highest BCUT2D eigenvalue weighted by molar-refractivity contribution is 5.37. The van der Waals surface area contributed by atoms with Crippen LogP contribution in [0.15, 0.2) is 6.33 Å². The molecule has 1 aliphatic rings. The Morgan fingerprint density at radius 3 is 3.10 bits per heavy atom. The van der Waals surface area contributed by atoms with Crippen molar-refractivity contribution in [1.82, 2.24) is 24.7 Å². The van der Waals surface area contributed by atoms with Crippen LogP contribution < -0.4 is 5.32 Å². The predicted molar refractivity (Wildman–Crippen MR) is 71.9 cm³/mol. The van der Waals surface area contributed by atoms with E-state index >= 15 is 0 Å². The summed E-state index contributed by atoms with van der Waals surface area (Å²) in [6.45, 7) is 3.43. The summed E-state index contributed by atoms with van der Waals surface area (Å²) in [6, 6.07) is 0. The molecule has 7 heteroatoms. The maximum Gasteiger partial charge on any atom is 0.186 e. The second kappa shape index (κ2) is 5.52. The number of hydrogen-bond acceptors (Lipinski definition) is 5. The fraction of sp³-hybridized carbons (Fsp3) is 0.538. The van der Waals surface area contributed by atoms with Gasteiger partial charge in [0.2, 0.25) is 0 Å². The van der Waals surface area contributed by atoms with Crippen LogP contribution in [0.1, 0.15) is 30.7 Å². The van der Waals surface area contributed by atoms with E-state index in [9.17, 15) is 4.39 Å². The van der Waals surface area contributed by atoms with Gasteiger partial charge in [-0.05, 0) is 12.8 Å². The smallest absolute Gasteiger partial charge is 0.186 e. The van der Waals surface area contributed by atoms with Crippen molar-refractivity contribution >= 4 is 5.82 Å². The fourth-order valence-electron chi connectivity index (χ4n) is 2.46. The predicted octanol–water partition coefficient (Wildman–Crippen LogP) is 1.37. The number of halogens is 1. The maximum atomic E-state index is 13.9. The van der Waals surface area contributed by atoms with Gasteiger partial charge < -0.3 is 9.88 Å². The van der Waals surface area contributed by atoms with Gasteiger partial charge in [-0.15, -0.1) is 10.2 Å². The summed E-state index contributed by atoms with van der Waals surface area (Å²) in [4.78, 5) is 7.85. The van der Waals surface area contributed by atoms with E-state index in [-0.39, 0.29) is 11.6 Å². The molecule has 1 N–H and O–H groups in total. The lowest BCUT2D eigenvalue weighted by Gasteiger charge is -2.08. The number of fused-ring (bicyclic) bond motifs is 1. The first-order valence-electron chi connectivity index (χ1n) is 6.93. The molecular formula is C13H17FN6. The van der Waals surface area contributed by atoms with Gasteiger partial charge >= 0.3 is 0 Å². The minimum Gasteiger partial charge on any atom is -0.367 e. The molecule has 2 aromatic rings. The number of anilines is 1. The summed E-state index contributed by atoms with van der Waals surface area (Å²) in [5, 5.41) is 11.3. The molecule has 0 amide bonds. The van der Waals surface area contributed by atoms with E-state index in [0.29, 0.717) is 25.1 Å². The lowest BCUT2D eigenvalue weighted by molar-refractivity contribution is 0.596. The standard InChI is InChI=1S/C13H17FN6/c1-2-9-12(14)13(17-8-16-9)15-6-5-11-19-18-10-4-3-7-20(10)11/h8H,2-7H2,1H3,(H,15,16,17). The fourth-order valence-corrected chi connectivity index (χ4v) is 2.46. The van der Waals surface area contributed by atoms with E-state index in [2.05, 4.69) is 30.0 Å². The van der Waals surface area contributed by atoms with E-state index in [1.165, 1.54) is 6.33 Å². The normalized spacial score (nSPS) is 13.5. The molecule has 106 valence electrons. The van der Waals surface area contributed by atoms with Gasteiger partial charge in [-0.2, -0.15) is 0 Å². The number of nitrogens with one attached hydrogen (secondary N) is 1. The Morgan fingerprint density at radius 2 is 2.25 bits per heavy atom. The highest BCUT2D eigenvalue weighted by atomic mass is 19.1. The molecule has 0 atom stereocenters. The van der Waals surface area contributed by atoms with Gasteiger partial charge in [0.15, 0.2) is 11.6 Å². The van der Waals surface area contributed by atoms with Gasteiger partial charge in [-0.1, -0.05) is 6.92 Å². The Balaban J connectivity index is 1.63. The van der Waals surface area contributed by atoms with Crippen molar-refractivity contribution in [2.75, 3.05) is 11.9 Å².